The average Bonchev–Trinajstić information content (AvgIpc) is 2.86. The van der Waals surface area contributed by atoms with Crippen molar-refractivity contribution in [2.45, 2.75) is 27.2 Å². The van der Waals surface area contributed by atoms with Gasteiger partial charge in [-0.15, -0.1) is 10.2 Å². The van der Waals surface area contributed by atoms with Gasteiger partial charge < -0.3 is 5.32 Å². The average molecular weight is 306 g/mol. The Morgan fingerprint density at radius 1 is 1.33 bits per heavy atom. The third-order valence-electron chi connectivity index (χ3n) is 2.50. The number of nitrogens with one attached hydrogen (secondary N) is 2. The van der Waals surface area contributed by atoms with Crippen molar-refractivity contribution in [3.63, 3.8) is 0 Å². The van der Waals surface area contributed by atoms with Crippen LogP contribution in [0.5, 0.6) is 0 Å². The Hall–Kier alpha value is -2.09. The molecule has 8 heteroatoms. The zero-order chi connectivity index (χ0) is 15.2. The monoisotopic (exact) mass is 306 g/mol. The molecular formula is C13H18N6OS. The van der Waals surface area contributed by atoms with Gasteiger partial charge in [0.2, 0.25) is 5.13 Å². The molecular weight excluding hydrogens is 288 g/mol. The highest BCUT2D eigenvalue weighted by Crippen LogP contribution is 2.18. The van der Waals surface area contributed by atoms with Gasteiger partial charge in [0.15, 0.2) is 0 Å². The predicted octanol–water partition coefficient (Wildman–Crippen LogP) is 2.21. The van der Waals surface area contributed by atoms with Crippen LogP contribution in [0.2, 0.25) is 0 Å². The van der Waals surface area contributed by atoms with Crippen LogP contribution in [0.3, 0.4) is 0 Å². The molecule has 0 spiro atoms. The number of hydrogen-bond donors (Lipinski definition) is 2. The fourth-order valence-corrected chi connectivity index (χ4v) is 2.59. The summed E-state index contributed by atoms with van der Waals surface area (Å²) in [5, 5.41) is 15.1. The molecule has 2 aromatic rings. The number of carbonyl (C=O) groups is 1. The molecule has 0 aromatic carbocycles. The zero-order valence-corrected chi connectivity index (χ0v) is 13.1. The Morgan fingerprint density at radius 3 is 2.86 bits per heavy atom. The molecule has 7 nitrogen and oxygen atoms in total. The van der Waals surface area contributed by atoms with Crippen molar-refractivity contribution in [3.05, 3.63) is 23.1 Å². The lowest BCUT2D eigenvalue weighted by atomic mass is 10.1. The summed E-state index contributed by atoms with van der Waals surface area (Å²) in [6.07, 6.45) is 3.85. The van der Waals surface area contributed by atoms with E-state index in [0.717, 1.165) is 11.4 Å². The molecule has 0 radical (unpaired) electrons. The quantitative estimate of drug-likeness (QED) is 0.850. The van der Waals surface area contributed by atoms with Crippen LogP contribution < -0.4 is 10.6 Å². The molecule has 0 aliphatic rings. The summed E-state index contributed by atoms with van der Waals surface area (Å²) in [6.45, 7) is 6.89. The topological polar surface area (TPSA) is 92.7 Å². The fourth-order valence-electron chi connectivity index (χ4n) is 1.64. The molecule has 0 aliphatic carbocycles. The number of nitrogens with zero attached hydrogens (tertiary/aromatic N) is 4. The Morgan fingerprint density at radius 2 is 2.14 bits per heavy atom. The maximum absolute atomic E-state index is 12.1. The summed E-state index contributed by atoms with van der Waals surface area (Å²) in [5.41, 5.74) is 0.244. The molecule has 0 unspecified atom stereocenters. The number of anilines is 2. The molecule has 0 saturated carbocycles. The van der Waals surface area contributed by atoms with E-state index in [0.29, 0.717) is 23.4 Å². The third-order valence-corrected chi connectivity index (χ3v) is 3.36. The second-order valence-corrected chi connectivity index (χ2v) is 5.94. The lowest BCUT2D eigenvalue weighted by Gasteiger charge is -2.04. The largest absolute Gasteiger partial charge is 0.369 e. The van der Waals surface area contributed by atoms with Crippen LogP contribution in [0.1, 0.15) is 36.3 Å². The predicted molar refractivity (Wildman–Crippen MR) is 82.6 cm³/mol. The Bertz CT molecular complexity index is 612. The molecule has 2 N–H and O–H groups in total. The molecule has 0 fully saturated rings. The number of aromatic nitrogens is 4. The van der Waals surface area contributed by atoms with E-state index in [4.69, 9.17) is 0 Å². The van der Waals surface area contributed by atoms with Gasteiger partial charge in [0.25, 0.3) is 5.91 Å². The van der Waals surface area contributed by atoms with Crippen molar-refractivity contribution >= 4 is 28.2 Å². The van der Waals surface area contributed by atoms with Crippen LogP contribution in [0.15, 0.2) is 12.4 Å². The molecule has 0 atom stereocenters. The van der Waals surface area contributed by atoms with Crippen molar-refractivity contribution in [2.24, 2.45) is 5.92 Å². The van der Waals surface area contributed by atoms with Crippen molar-refractivity contribution in [3.8, 4) is 0 Å². The molecule has 112 valence electrons. The SMILES string of the molecule is CCNc1cncc(C(=O)Nc2nnc(CC(C)C)s2)n1. The minimum atomic E-state index is -0.338. The maximum atomic E-state index is 12.1. The van der Waals surface area contributed by atoms with Gasteiger partial charge in [-0.25, -0.2) is 4.98 Å². The Labute approximate surface area is 127 Å². The number of rotatable bonds is 6. The normalized spacial score (nSPS) is 10.7. The van der Waals surface area contributed by atoms with E-state index >= 15 is 0 Å². The van der Waals surface area contributed by atoms with Gasteiger partial charge in [-0.2, -0.15) is 0 Å². The molecule has 2 aromatic heterocycles. The Kier molecular flexibility index (Phi) is 5.15. The summed E-state index contributed by atoms with van der Waals surface area (Å²) in [4.78, 5) is 20.3. The van der Waals surface area contributed by atoms with Crippen LogP contribution >= 0.6 is 11.3 Å². The van der Waals surface area contributed by atoms with E-state index in [1.807, 2.05) is 6.92 Å². The van der Waals surface area contributed by atoms with E-state index in [-0.39, 0.29) is 11.6 Å². The maximum Gasteiger partial charge on any atom is 0.277 e. The third kappa shape index (κ3) is 4.45. The number of amides is 1. The first-order valence-corrected chi connectivity index (χ1v) is 7.59. The first-order chi connectivity index (χ1) is 10.1. The minimum absolute atomic E-state index is 0.244. The van der Waals surface area contributed by atoms with Crippen LogP contribution in [0, 0.1) is 5.92 Å². The number of carbonyl (C=O) groups excluding carboxylic acids is 1. The molecule has 1 amide bonds. The van der Waals surface area contributed by atoms with Crippen molar-refractivity contribution in [2.75, 3.05) is 17.2 Å². The highest BCUT2D eigenvalue weighted by Gasteiger charge is 2.13. The van der Waals surface area contributed by atoms with Crippen molar-refractivity contribution in [1.82, 2.24) is 20.2 Å². The summed E-state index contributed by atoms with van der Waals surface area (Å²) in [5.74, 6) is 0.738. The van der Waals surface area contributed by atoms with Gasteiger partial charge in [0, 0.05) is 13.0 Å². The standard InChI is InChI=1S/C13H18N6OS/c1-4-15-10-7-14-6-9(16-10)12(20)17-13-19-18-11(21-13)5-8(2)3/h6-8H,4-5H2,1-3H3,(H,15,16)(H,17,19,20). The lowest BCUT2D eigenvalue weighted by molar-refractivity contribution is 0.102. The second-order valence-electron chi connectivity index (χ2n) is 4.87. The minimum Gasteiger partial charge on any atom is -0.369 e. The van der Waals surface area contributed by atoms with Crippen molar-refractivity contribution < 1.29 is 4.79 Å². The molecule has 0 saturated heterocycles. The molecule has 0 bridgehead atoms. The van der Waals surface area contributed by atoms with Gasteiger partial charge in [-0.3, -0.25) is 15.1 Å². The summed E-state index contributed by atoms with van der Waals surface area (Å²) >= 11 is 1.38. The van der Waals surface area contributed by atoms with Gasteiger partial charge in [0.1, 0.15) is 16.5 Å². The van der Waals surface area contributed by atoms with Gasteiger partial charge >= 0.3 is 0 Å². The Balaban J connectivity index is 2.03. The highest BCUT2D eigenvalue weighted by atomic mass is 32.1. The first kappa shape index (κ1) is 15.3. The lowest BCUT2D eigenvalue weighted by Crippen LogP contribution is -2.15. The van der Waals surface area contributed by atoms with E-state index < -0.39 is 0 Å². The first-order valence-electron chi connectivity index (χ1n) is 6.78. The molecule has 21 heavy (non-hydrogen) atoms. The number of hydrogen-bond acceptors (Lipinski definition) is 7. The van der Waals surface area contributed by atoms with E-state index in [2.05, 4.69) is 44.6 Å². The second kappa shape index (κ2) is 7.07. The van der Waals surface area contributed by atoms with Crippen molar-refractivity contribution in [1.29, 1.82) is 0 Å². The van der Waals surface area contributed by atoms with E-state index in [1.165, 1.54) is 17.5 Å². The molecule has 0 aliphatic heterocycles. The van der Waals surface area contributed by atoms with Crippen LogP contribution in [-0.2, 0) is 6.42 Å². The summed E-state index contributed by atoms with van der Waals surface area (Å²) < 4.78 is 0. The van der Waals surface area contributed by atoms with Crippen LogP contribution in [-0.4, -0.2) is 32.6 Å². The molecule has 2 heterocycles. The highest BCUT2D eigenvalue weighted by molar-refractivity contribution is 7.15. The van der Waals surface area contributed by atoms with E-state index in [9.17, 15) is 4.79 Å². The molecule has 2 rings (SSSR count). The fraction of sp³-hybridized carbons (Fsp3) is 0.462. The van der Waals surface area contributed by atoms with Crippen LogP contribution in [0.4, 0.5) is 10.9 Å². The summed E-state index contributed by atoms with van der Waals surface area (Å²) in [6, 6.07) is 0. The van der Waals surface area contributed by atoms with E-state index in [1.54, 1.807) is 6.20 Å². The smallest absolute Gasteiger partial charge is 0.277 e. The summed E-state index contributed by atoms with van der Waals surface area (Å²) in [7, 11) is 0. The van der Waals surface area contributed by atoms with Gasteiger partial charge in [0.05, 0.1) is 12.4 Å². The zero-order valence-electron chi connectivity index (χ0n) is 12.3. The van der Waals surface area contributed by atoms with Gasteiger partial charge in [-0.1, -0.05) is 25.2 Å². The van der Waals surface area contributed by atoms with Crippen LogP contribution in [0.25, 0.3) is 0 Å². The van der Waals surface area contributed by atoms with Gasteiger partial charge in [-0.05, 0) is 12.8 Å².